The molecule has 2 heterocycles. The molecule has 2 aromatic heterocycles. The fourth-order valence-electron chi connectivity index (χ4n) is 2.61. The Kier molecular flexibility index (Phi) is 4.18. The Labute approximate surface area is 153 Å². The minimum Gasteiger partial charge on any atom is -0.450 e. The Hall–Kier alpha value is -3.12. The van der Waals surface area contributed by atoms with E-state index in [1.807, 2.05) is 36.4 Å². The predicted octanol–water partition coefficient (Wildman–Crippen LogP) is 4.80. The summed E-state index contributed by atoms with van der Waals surface area (Å²) in [5.41, 5.74) is 1.92. The van der Waals surface area contributed by atoms with E-state index in [9.17, 15) is 4.79 Å². The number of benzene rings is 2. The van der Waals surface area contributed by atoms with E-state index in [1.54, 1.807) is 19.1 Å². The molecule has 0 fully saturated rings. The summed E-state index contributed by atoms with van der Waals surface area (Å²) >= 11 is 6.10. The van der Waals surface area contributed by atoms with Gasteiger partial charge in [0.2, 0.25) is 11.7 Å². The third kappa shape index (κ3) is 2.95. The van der Waals surface area contributed by atoms with E-state index in [0.29, 0.717) is 22.1 Å². The molecule has 0 amide bonds. The summed E-state index contributed by atoms with van der Waals surface area (Å²) in [6.45, 7) is 1.63. The highest BCUT2D eigenvalue weighted by atomic mass is 35.5. The molecule has 6 nitrogen and oxygen atoms in total. The van der Waals surface area contributed by atoms with Gasteiger partial charge < -0.3 is 13.6 Å². The van der Waals surface area contributed by atoms with E-state index in [1.165, 1.54) is 0 Å². The maximum absolute atomic E-state index is 12.3. The number of esters is 1. The molecule has 0 aliphatic heterocycles. The third-order valence-electron chi connectivity index (χ3n) is 3.92. The molecule has 26 heavy (non-hydrogen) atoms. The van der Waals surface area contributed by atoms with Crippen LogP contribution in [0.5, 0.6) is 0 Å². The Morgan fingerprint density at radius 1 is 1.08 bits per heavy atom. The molecule has 130 valence electrons. The first-order valence-corrected chi connectivity index (χ1v) is 8.24. The highest BCUT2D eigenvalue weighted by molar-refractivity contribution is 6.35. The Morgan fingerprint density at radius 3 is 2.65 bits per heavy atom. The summed E-state index contributed by atoms with van der Waals surface area (Å²) in [5, 5.41) is 9.05. The number of fused-ring (bicyclic) bond motifs is 1. The van der Waals surface area contributed by atoms with E-state index < -0.39 is 5.97 Å². The molecule has 0 unspecified atom stereocenters. The zero-order chi connectivity index (χ0) is 18.1. The zero-order valence-corrected chi connectivity index (χ0v) is 14.5. The summed E-state index contributed by atoms with van der Waals surface area (Å²) in [4.78, 5) is 12.3. The molecule has 0 spiro atoms. The van der Waals surface area contributed by atoms with E-state index in [4.69, 9.17) is 25.2 Å². The average Bonchev–Trinajstić information content (AvgIpc) is 3.27. The largest absolute Gasteiger partial charge is 0.450 e. The van der Waals surface area contributed by atoms with Gasteiger partial charge in [-0.2, -0.15) is 0 Å². The van der Waals surface area contributed by atoms with Gasteiger partial charge in [0.25, 0.3) is 5.89 Å². The minimum absolute atomic E-state index is 0.107. The van der Waals surface area contributed by atoms with Gasteiger partial charge in [-0.3, -0.25) is 0 Å². The normalized spacial score (nSPS) is 11.0. The molecule has 4 aromatic rings. The number of nitrogens with zero attached hydrogens (tertiary/aromatic N) is 2. The molecule has 0 saturated heterocycles. The van der Waals surface area contributed by atoms with Crippen LogP contribution in [0.15, 0.2) is 57.4 Å². The molecule has 0 radical (unpaired) electrons. The summed E-state index contributed by atoms with van der Waals surface area (Å²) < 4.78 is 16.3. The van der Waals surface area contributed by atoms with Gasteiger partial charge in [0.1, 0.15) is 0 Å². The Balaban J connectivity index is 1.50. The van der Waals surface area contributed by atoms with Crippen LogP contribution in [0.1, 0.15) is 22.0 Å². The number of aryl methyl sites for hydroxylation is 1. The highest BCUT2D eigenvalue weighted by Crippen LogP contribution is 2.31. The van der Waals surface area contributed by atoms with Crippen LogP contribution in [-0.2, 0) is 11.3 Å². The molecule has 0 N–H and O–H groups in total. The van der Waals surface area contributed by atoms with Gasteiger partial charge in [-0.05, 0) is 25.1 Å². The number of hydrogen-bond acceptors (Lipinski definition) is 6. The molecule has 4 rings (SSSR count). The van der Waals surface area contributed by atoms with Crippen LogP contribution in [0.25, 0.3) is 22.4 Å². The number of furan rings is 1. The SMILES string of the molecule is Cc1c(C(=O)OCc2nnc(-c3ccccc3)o2)oc2c(Cl)cccc12. The number of hydrogen-bond donors (Lipinski definition) is 0. The smallest absolute Gasteiger partial charge is 0.375 e. The second kappa shape index (κ2) is 6.65. The first-order valence-electron chi connectivity index (χ1n) is 7.86. The summed E-state index contributed by atoms with van der Waals surface area (Å²) in [6, 6.07) is 14.7. The van der Waals surface area contributed by atoms with Crippen LogP contribution >= 0.6 is 11.6 Å². The van der Waals surface area contributed by atoms with Crippen LogP contribution in [-0.4, -0.2) is 16.2 Å². The number of ether oxygens (including phenoxy) is 1. The second-order valence-electron chi connectivity index (χ2n) is 5.62. The molecule has 2 aromatic carbocycles. The Morgan fingerprint density at radius 2 is 1.88 bits per heavy atom. The number of carbonyl (C=O) groups excluding carboxylic acids is 1. The number of rotatable bonds is 4. The zero-order valence-electron chi connectivity index (χ0n) is 13.7. The lowest BCUT2D eigenvalue weighted by Gasteiger charge is -2.00. The van der Waals surface area contributed by atoms with Crippen molar-refractivity contribution >= 4 is 28.5 Å². The van der Waals surface area contributed by atoms with Crippen molar-refractivity contribution in [1.29, 1.82) is 0 Å². The van der Waals surface area contributed by atoms with Gasteiger partial charge in [0.05, 0.1) is 5.02 Å². The monoisotopic (exact) mass is 368 g/mol. The number of halogens is 1. The van der Waals surface area contributed by atoms with Crippen molar-refractivity contribution < 1.29 is 18.4 Å². The van der Waals surface area contributed by atoms with Crippen molar-refractivity contribution in [3.05, 3.63) is 70.8 Å². The molecule has 0 aliphatic carbocycles. The van der Waals surface area contributed by atoms with Crippen LogP contribution in [0.3, 0.4) is 0 Å². The van der Waals surface area contributed by atoms with Crippen LogP contribution < -0.4 is 0 Å². The van der Waals surface area contributed by atoms with Crippen LogP contribution in [0.2, 0.25) is 5.02 Å². The van der Waals surface area contributed by atoms with Gasteiger partial charge in [-0.15, -0.1) is 10.2 Å². The minimum atomic E-state index is -0.616. The van der Waals surface area contributed by atoms with Gasteiger partial charge in [-0.25, -0.2) is 4.79 Å². The van der Waals surface area contributed by atoms with Crippen molar-refractivity contribution in [2.45, 2.75) is 13.5 Å². The van der Waals surface area contributed by atoms with E-state index >= 15 is 0 Å². The van der Waals surface area contributed by atoms with Gasteiger partial charge in [0.15, 0.2) is 12.2 Å². The topological polar surface area (TPSA) is 78.4 Å². The van der Waals surface area contributed by atoms with Crippen molar-refractivity contribution in [1.82, 2.24) is 10.2 Å². The predicted molar refractivity (Wildman–Crippen MR) is 94.8 cm³/mol. The molecule has 7 heteroatoms. The lowest BCUT2D eigenvalue weighted by molar-refractivity contribution is 0.0404. The quantitative estimate of drug-likeness (QED) is 0.481. The van der Waals surface area contributed by atoms with Crippen LogP contribution in [0.4, 0.5) is 0 Å². The van der Waals surface area contributed by atoms with E-state index in [-0.39, 0.29) is 18.3 Å². The third-order valence-corrected chi connectivity index (χ3v) is 4.21. The molecule has 0 aliphatic rings. The molecular weight excluding hydrogens is 356 g/mol. The van der Waals surface area contributed by atoms with E-state index in [0.717, 1.165) is 10.9 Å². The maximum atomic E-state index is 12.3. The van der Waals surface area contributed by atoms with Crippen molar-refractivity contribution in [3.63, 3.8) is 0 Å². The fourth-order valence-corrected chi connectivity index (χ4v) is 2.82. The molecule has 0 atom stereocenters. The van der Waals surface area contributed by atoms with Crippen molar-refractivity contribution in [2.24, 2.45) is 0 Å². The first-order chi connectivity index (χ1) is 12.6. The van der Waals surface area contributed by atoms with Gasteiger partial charge in [-0.1, -0.05) is 41.9 Å². The maximum Gasteiger partial charge on any atom is 0.375 e. The van der Waals surface area contributed by atoms with Gasteiger partial charge >= 0.3 is 5.97 Å². The lowest BCUT2D eigenvalue weighted by Crippen LogP contribution is -2.05. The summed E-state index contributed by atoms with van der Waals surface area (Å²) in [6.07, 6.45) is 0. The standard InChI is InChI=1S/C19H13ClN2O4/c1-11-13-8-5-9-14(20)17(13)26-16(11)19(23)24-10-15-21-22-18(25-15)12-6-3-2-4-7-12/h2-9H,10H2,1H3. The fraction of sp³-hybridized carbons (Fsp3) is 0.105. The lowest BCUT2D eigenvalue weighted by atomic mass is 10.1. The van der Waals surface area contributed by atoms with Gasteiger partial charge in [0, 0.05) is 16.5 Å². The summed E-state index contributed by atoms with van der Waals surface area (Å²) in [7, 11) is 0. The molecular formula is C19H13ClN2O4. The Bertz CT molecular complexity index is 1090. The van der Waals surface area contributed by atoms with Crippen molar-refractivity contribution in [2.75, 3.05) is 0 Å². The number of carbonyl (C=O) groups is 1. The van der Waals surface area contributed by atoms with Crippen LogP contribution in [0, 0.1) is 6.92 Å². The number of para-hydroxylation sites is 1. The van der Waals surface area contributed by atoms with Crippen molar-refractivity contribution in [3.8, 4) is 11.5 Å². The highest BCUT2D eigenvalue weighted by Gasteiger charge is 2.21. The summed E-state index contributed by atoms with van der Waals surface area (Å²) in [5.74, 6) is 0.0532. The van der Waals surface area contributed by atoms with E-state index in [2.05, 4.69) is 10.2 Å². The first kappa shape index (κ1) is 16.4. The molecule has 0 bridgehead atoms. The second-order valence-corrected chi connectivity index (χ2v) is 6.02. The molecule has 0 saturated carbocycles. The number of aromatic nitrogens is 2. The average molecular weight is 369 g/mol.